The molecule has 1 heterocycles. The number of amides is 1. The number of thioether (sulfide) groups is 1. The molecule has 0 radical (unpaired) electrons. The number of para-hydroxylation sites is 2. The third-order valence-electron chi connectivity index (χ3n) is 4.11. The number of hydrogen-bond donors (Lipinski definition) is 2. The third-order valence-corrected chi connectivity index (χ3v) is 5.02. The van der Waals surface area contributed by atoms with Gasteiger partial charge in [-0.3, -0.25) is 4.79 Å². The molecule has 0 bridgehead atoms. The molecule has 2 aromatic rings. The van der Waals surface area contributed by atoms with Gasteiger partial charge in [0.2, 0.25) is 0 Å². The van der Waals surface area contributed by atoms with Crippen LogP contribution >= 0.6 is 11.8 Å². The number of carbonyl (C=O) groups excluding carboxylic acids is 1. The van der Waals surface area contributed by atoms with Gasteiger partial charge in [0.25, 0.3) is 5.91 Å². The number of nitrogens with one attached hydrogen (secondary N) is 1. The zero-order valence-corrected chi connectivity index (χ0v) is 16.3. The molecule has 1 fully saturated rings. The van der Waals surface area contributed by atoms with Crippen molar-refractivity contribution in [2.75, 3.05) is 0 Å². The fourth-order valence-corrected chi connectivity index (χ4v) is 3.41. The Kier molecular flexibility index (Phi) is 6.16. The molecule has 6 nitrogen and oxygen atoms in total. The molecular formula is C21H20N2O4S. The SMILES string of the molecule is CCC(Oc1ccccc1/C=C1/SC(=Nc2ccccc2C)NC1=O)C(=O)O. The summed E-state index contributed by atoms with van der Waals surface area (Å²) in [5.41, 5.74) is 2.44. The first-order valence-electron chi connectivity index (χ1n) is 8.81. The molecule has 2 aromatic carbocycles. The first kappa shape index (κ1) is 19.7. The van der Waals surface area contributed by atoms with E-state index in [9.17, 15) is 14.7 Å². The fourth-order valence-electron chi connectivity index (χ4n) is 2.59. The van der Waals surface area contributed by atoms with Crippen molar-refractivity contribution < 1.29 is 19.4 Å². The molecule has 1 amide bonds. The summed E-state index contributed by atoms with van der Waals surface area (Å²) in [5, 5.41) is 12.5. The van der Waals surface area contributed by atoms with Gasteiger partial charge in [0, 0.05) is 5.56 Å². The Balaban J connectivity index is 1.85. The number of ether oxygens (including phenoxy) is 1. The third kappa shape index (κ3) is 4.61. The smallest absolute Gasteiger partial charge is 0.344 e. The first-order chi connectivity index (χ1) is 13.5. The number of amidine groups is 1. The van der Waals surface area contributed by atoms with Crippen LogP contribution in [0.25, 0.3) is 6.08 Å². The number of nitrogens with zero attached hydrogens (tertiary/aromatic N) is 1. The molecule has 1 saturated heterocycles. The maximum Gasteiger partial charge on any atom is 0.344 e. The molecule has 144 valence electrons. The topological polar surface area (TPSA) is 88.0 Å². The summed E-state index contributed by atoms with van der Waals surface area (Å²) in [5.74, 6) is -0.857. The zero-order valence-electron chi connectivity index (χ0n) is 15.5. The number of aliphatic carboxylic acids is 1. The number of aryl methyl sites for hydroxylation is 1. The molecule has 0 aromatic heterocycles. The summed E-state index contributed by atoms with van der Waals surface area (Å²) in [6.45, 7) is 3.70. The molecule has 7 heteroatoms. The molecule has 1 unspecified atom stereocenters. The molecule has 2 N–H and O–H groups in total. The number of carboxylic acid groups (broad SMARTS) is 1. The first-order valence-corrected chi connectivity index (χ1v) is 9.63. The van der Waals surface area contributed by atoms with Gasteiger partial charge in [-0.1, -0.05) is 43.3 Å². The Labute approximate surface area is 167 Å². The van der Waals surface area contributed by atoms with Crippen molar-refractivity contribution in [3.8, 4) is 5.75 Å². The van der Waals surface area contributed by atoms with Crippen molar-refractivity contribution in [3.05, 3.63) is 64.6 Å². The highest BCUT2D eigenvalue weighted by molar-refractivity contribution is 8.18. The Hall–Kier alpha value is -3.06. The van der Waals surface area contributed by atoms with Crippen molar-refractivity contribution in [2.24, 2.45) is 4.99 Å². The Bertz CT molecular complexity index is 968. The number of hydrogen-bond acceptors (Lipinski definition) is 5. The van der Waals surface area contributed by atoms with E-state index in [1.165, 1.54) is 11.8 Å². The maximum atomic E-state index is 12.3. The van der Waals surface area contributed by atoms with Gasteiger partial charge in [-0.15, -0.1) is 0 Å². The van der Waals surface area contributed by atoms with Crippen molar-refractivity contribution in [3.63, 3.8) is 0 Å². The molecular weight excluding hydrogens is 376 g/mol. The monoisotopic (exact) mass is 396 g/mol. The molecule has 1 aliphatic rings. The molecule has 0 spiro atoms. The Morgan fingerprint density at radius 3 is 2.68 bits per heavy atom. The van der Waals surface area contributed by atoms with E-state index in [2.05, 4.69) is 10.3 Å². The molecule has 1 aliphatic heterocycles. The average molecular weight is 396 g/mol. The van der Waals surface area contributed by atoms with Gasteiger partial charge in [-0.2, -0.15) is 0 Å². The summed E-state index contributed by atoms with van der Waals surface area (Å²) in [7, 11) is 0. The minimum absolute atomic E-state index is 0.252. The highest BCUT2D eigenvalue weighted by Crippen LogP contribution is 2.31. The van der Waals surface area contributed by atoms with Gasteiger partial charge in [0.05, 0.1) is 10.6 Å². The summed E-state index contributed by atoms with van der Waals surface area (Å²) in [4.78, 5) is 28.6. The van der Waals surface area contributed by atoms with Crippen LogP contribution in [0, 0.1) is 6.92 Å². The van der Waals surface area contributed by atoms with Gasteiger partial charge in [-0.05, 0) is 48.9 Å². The summed E-state index contributed by atoms with van der Waals surface area (Å²) >= 11 is 1.24. The van der Waals surface area contributed by atoms with Crippen LogP contribution in [0.4, 0.5) is 5.69 Å². The minimum atomic E-state index is -1.02. The van der Waals surface area contributed by atoms with Gasteiger partial charge < -0.3 is 15.2 Å². The fraction of sp³-hybridized carbons (Fsp3) is 0.190. The predicted molar refractivity (Wildman–Crippen MR) is 111 cm³/mol. The van der Waals surface area contributed by atoms with Crippen LogP contribution in [-0.2, 0) is 9.59 Å². The van der Waals surface area contributed by atoms with E-state index >= 15 is 0 Å². The van der Waals surface area contributed by atoms with Crippen molar-refractivity contribution >= 4 is 40.6 Å². The van der Waals surface area contributed by atoms with Gasteiger partial charge in [0.15, 0.2) is 11.3 Å². The van der Waals surface area contributed by atoms with E-state index in [1.54, 1.807) is 37.3 Å². The highest BCUT2D eigenvalue weighted by Gasteiger charge is 2.25. The van der Waals surface area contributed by atoms with E-state index in [-0.39, 0.29) is 5.91 Å². The van der Waals surface area contributed by atoms with Crippen LogP contribution < -0.4 is 10.1 Å². The standard InChI is InChI=1S/C21H20N2O4S/c1-3-16(20(25)26)27-17-11-7-5-9-14(17)12-18-19(24)23-21(28-18)22-15-10-6-4-8-13(15)2/h4-12,16H,3H2,1-2H3,(H,25,26)(H,22,23,24)/b18-12+. The van der Waals surface area contributed by atoms with Gasteiger partial charge in [-0.25, -0.2) is 9.79 Å². The van der Waals surface area contributed by atoms with E-state index < -0.39 is 12.1 Å². The van der Waals surface area contributed by atoms with E-state index in [1.807, 2.05) is 31.2 Å². The van der Waals surface area contributed by atoms with Crippen LogP contribution in [-0.4, -0.2) is 28.3 Å². The van der Waals surface area contributed by atoms with Crippen LogP contribution in [0.1, 0.15) is 24.5 Å². The van der Waals surface area contributed by atoms with Crippen molar-refractivity contribution in [1.29, 1.82) is 0 Å². The lowest BCUT2D eigenvalue weighted by atomic mass is 10.1. The van der Waals surface area contributed by atoms with Crippen LogP contribution in [0.5, 0.6) is 5.75 Å². The second kappa shape index (κ2) is 8.75. The second-order valence-corrected chi connectivity index (χ2v) is 7.19. The number of carboxylic acids is 1. The molecule has 0 aliphatic carbocycles. The Morgan fingerprint density at radius 1 is 1.25 bits per heavy atom. The molecule has 3 rings (SSSR count). The van der Waals surface area contributed by atoms with E-state index in [0.29, 0.717) is 27.8 Å². The lowest BCUT2D eigenvalue weighted by molar-refractivity contribution is -0.145. The van der Waals surface area contributed by atoms with Crippen molar-refractivity contribution in [2.45, 2.75) is 26.4 Å². The van der Waals surface area contributed by atoms with Crippen molar-refractivity contribution in [1.82, 2.24) is 5.32 Å². The highest BCUT2D eigenvalue weighted by atomic mass is 32.2. The summed E-state index contributed by atoms with van der Waals surface area (Å²) < 4.78 is 5.62. The molecule has 28 heavy (non-hydrogen) atoms. The lowest BCUT2D eigenvalue weighted by Crippen LogP contribution is -2.26. The quantitative estimate of drug-likeness (QED) is 0.717. The van der Waals surface area contributed by atoms with Crippen LogP contribution in [0.2, 0.25) is 0 Å². The summed E-state index contributed by atoms with van der Waals surface area (Å²) in [6, 6.07) is 14.7. The number of aliphatic imine (C=N–C) groups is 1. The Morgan fingerprint density at radius 2 is 1.96 bits per heavy atom. The second-order valence-electron chi connectivity index (χ2n) is 6.16. The zero-order chi connectivity index (χ0) is 20.1. The average Bonchev–Trinajstić information content (AvgIpc) is 3.01. The lowest BCUT2D eigenvalue weighted by Gasteiger charge is -2.15. The summed E-state index contributed by atoms with van der Waals surface area (Å²) in [6.07, 6.45) is 1.08. The predicted octanol–water partition coefficient (Wildman–Crippen LogP) is 4.13. The van der Waals surface area contributed by atoms with E-state index in [4.69, 9.17) is 4.74 Å². The normalized spacial score (nSPS) is 17.6. The van der Waals surface area contributed by atoms with Gasteiger partial charge >= 0.3 is 5.97 Å². The molecule has 0 saturated carbocycles. The number of benzene rings is 2. The van der Waals surface area contributed by atoms with Crippen LogP contribution in [0.3, 0.4) is 0 Å². The van der Waals surface area contributed by atoms with E-state index in [0.717, 1.165) is 11.3 Å². The number of rotatable bonds is 6. The minimum Gasteiger partial charge on any atom is -0.479 e. The van der Waals surface area contributed by atoms with Crippen LogP contribution in [0.15, 0.2) is 58.4 Å². The number of carbonyl (C=O) groups is 2. The molecule has 1 atom stereocenters. The van der Waals surface area contributed by atoms with Gasteiger partial charge in [0.1, 0.15) is 5.75 Å². The maximum absolute atomic E-state index is 12.3. The largest absolute Gasteiger partial charge is 0.479 e.